The first kappa shape index (κ1) is 21.2. The molecule has 1 aromatic carbocycles. The zero-order chi connectivity index (χ0) is 19.4. The van der Waals surface area contributed by atoms with Crippen LogP contribution in [0.25, 0.3) is 6.08 Å². The Morgan fingerprint density at radius 1 is 1.19 bits per heavy atom. The van der Waals surface area contributed by atoms with Crippen LogP contribution in [0.1, 0.15) is 32.3 Å². The van der Waals surface area contributed by atoms with Crippen molar-refractivity contribution in [2.75, 3.05) is 13.7 Å². The van der Waals surface area contributed by atoms with Gasteiger partial charge in [-0.3, -0.25) is 9.59 Å². The number of carbonyl (C=O) groups is 3. The highest BCUT2D eigenvalue weighted by Gasteiger charge is 2.20. The minimum Gasteiger partial charge on any atom is -0.467 e. The lowest BCUT2D eigenvalue weighted by molar-refractivity contribution is -0.144. The van der Waals surface area contributed by atoms with Gasteiger partial charge in [0.05, 0.1) is 7.11 Å². The molecule has 0 fully saturated rings. The molecular weight excluding hydrogens is 332 g/mol. The van der Waals surface area contributed by atoms with Crippen molar-refractivity contribution in [1.82, 2.24) is 10.6 Å². The molecule has 6 nitrogen and oxygen atoms in total. The van der Waals surface area contributed by atoms with E-state index < -0.39 is 12.0 Å². The summed E-state index contributed by atoms with van der Waals surface area (Å²) in [7, 11) is 1.28. The van der Waals surface area contributed by atoms with Crippen molar-refractivity contribution < 1.29 is 19.1 Å². The number of amides is 2. The summed E-state index contributed by atoms with van der Waals surface area (Å²) in [6.45, 7) is 3.93. The summed E-state index contributed by atoms with van der Waals surface area (Å²) in [5.41, 5.74) is 1.52. The number of methoxy groups -OCH3 is 1. The summed E-state index contributed by atoms with van der Waals surface area (Å²) in [5.74, 6) is -1.03. The molecule has 0 aliphatic rings. The maximum Gasteiger partial charge on any atom is 0.328 e. The molecule has 2 amide bonds. The Hall–Kier alpha value is -2.89. The van der Waals surface area contributed by atoms with E-state index in [4.69, 9.17) is 4.74 Å². The lowest BCUT2D eigenvalue weighted by atomic mass is 10.1. The van der Waals surface area contributed by atoms with Gasteiger partial charge < -0.3 is 15.4 Å². The summed E-state index contributed by atoms with van der Waals surface area (Å²) < 4.78 is 4.74. The molecule has 0 saturated carbocycles. The average molecular weight is 358 g/mol. The van der Waals surface area contributed by atoms with Crippen LogP contribution >= 0.6 is 0 Å². The molecule has 0 aromatic heterocycles. The predicted octanol–water partition coefficient (Wildman–Crippen LogP) is 2.22. The number of hydrogen-bond donors (Lipinski definition) is 2. The number of allylic oxidation sites excluding steroid dienone is 1. The van der Waals surface area contributed by atoms with E-state index in [1.54, 1.807) is 26.0 Å². The van der Waals surface area contributed by atoms with Crippen LogP contribution in [0.3, 0.4) is 0 Å². The monoisotopic (exact) mass is 358 g/mol. The molecule has 0 aliphatic heterocycles. The topological polar surface area (TPSA) is 84.5 Å². The first-order valence-corrected chi connectivity index (χ1v) is 8.50. The lowest BCUT2D eigenvalue weighted by Crippen LogP contribution is -2.41. The van der Waals surface area contributed by atoms with Gasteiger partial charge in [-0.05, 0) is 38.3 Å². The first-order valence-electron chi connectivity index (χ1n) is 8.50. The van der Waals surface area contributed by atoms with Crippen LogP contribution < -0.4 is 10.6 Å². The molecule has 0 aliphatic carbocycles. The van der Waals surface area contributed by atoms with Crippen molar-refractivity contribution in [2.45, 2.75) is 32.7 Å². The third-order valence-electron chi connectivity index (χ3n) is 3.78. The summed E-state index contributed by atoms with van der Waals surface area (Å²) in [6.07, 6.45) is 5.68. The van der Waals surface area contributed by atoms with Crippen LogP contribution in [0.2, 0.25) is 0 Å². The van der Waals surface area contributed by atoms with E-state index in [1.807, 2.05) is 30.3 Å². The fraction of sp³-hybridized carbons (Fsp3) is 0.350. The summed E-state index contributed by atoms with van der Waals surface area (Å²) >= 11 is 0. The molecule has 1 aromatic rings. The van der Waals surface area contributed by atoms with Crippen LogP contribution in [0.15, 0.2) is 48.1 Å². The average Bonchev–Trinajstić information content (AvgIpc) is 2.67. The van der Waals surface area contributed by atoms with E-state index in [-0.39, 0.29) is 11.8 Å². The van der Waals surface area contributed by atoms with Crippen molar-refractivity contribution in [1.29, 1.82) is 0 Å². The minimum absolute atomic E-state index is 0.142. The second-order valence-electron chi connectivity index (χ2n) is 5.70. The molecule has 1 rings (SSSR count). The van der Waals surface area contributed by atoms with Crippen molar-refractivity contribution in [2.24, 2.45) is 0 Å². The van der Waals surface area contributed by atoms with Crippen LogP contribution in [-0.4, -0.2) is 37.5 Å². The smallest absolute Gasteiger partial charge is 0.328 e. The molecule has 0 heterocycles. The summed E-state index contributed by atoms with van der Waals surface area (Å²) in [5, 5.41) is 5.40. The van der Waals surface area contributed by atoms with Gasteiger partial charge in [-0.25, -0.2) is 4.79 Å². The van der Waals surface area contributed by atoms with Gasteiger partial charge in [-0.1, -0.05) is 36.4 Å². The highest BCUT2D eigenvalue weighted by molar-refractivity contribution is 5.94. The fourth-order valence-corrected chi connectivity index (χ4v) is 2.13. The zero-order valence-electron chi connectivity index (χ0n) is 15.5. The van der Waals surface area contributed by atoms with Crippen LogP contribution in [0.5, 0.6) is 0 Å². The van der Waals surface area contributed by atoms with Crippen molar-refractivity contribution >= 4 is 23.9 Å². The van der Waals surface area contributed by atoms with Gasteiger partial charge in [0, 0.05) is 18.2 Å². The second kappa shape index (κ2) is 11.6. The van der Waals surface area contributed by atoms with Crippen molar-refractivity contribution in [3.05, 3.63) is 53.6 Å². The van der Waals surface area contributed by atoms with Crippen LogP contribution in [-0.2, 0) is 19.1 Å². The Balaban J connectivity index is 2.51. The molecule has 0 spiro atoms. The normalized spacial score (nSPS) is 12.5. The SMILES string of the molecule is C/C=C(\C)C(=O)NCCC[C@H](NC(=O)C=Cc1ccccc1)C(=O)OC. The number of esters is 1. The number of ether oxygens (including phenoxy) is 1. The van der Waals surface area contributed by atoms with Crippen LogP contribution in [0.4, 0.5) is 0 Å². The van der Waals surface area contributed by atoms with E-state index in [9.17, 15) is 14.4 Å². The quantitative estimate of drug-likeness (QED) is 0.403. The molecule has 26 heavy (non-hydrogen) atoms. The third kappa shape index (κ3) is 7.79. The molecule has 0 radical (unpaired) electrons. The van der Waals surface area contributed by atoms with Gasteiger partial charge in [0.15, 0.2) is 0 Å². The highest BCUT2D eigenvalue weighted by atomic mass is 16.5. The first-order chi connectivity index (χ1) is 12.5. The second-order valence-corrected chi connectivity index (χ2v) is 5.70. The highest BCUT2D eigenvalue weighted by Crippen LogP contribution is 2.03. The number of hydrogen-bond acceptors (Lipinski definition) is 4. The Morgan fingerprint density at radius 2 is 1.88 bits per heavy atom. The molecule has 1 atom stereocenters. The zero-order valence-corrected chi connectivity index (χ0v) is 15.5. The van der Waals surface area contributed by atoms with E-state index in [0.29, 0.717) is 25.0 Å². The minimum atomic E-state index is -0.757. The Labute approximate surface area is 154 Å². The molecule has 2 N–H and O–H groups in total. The molecule has 0 unspecified atom stereocenters. The number of rotatable bonds is 9. The summed E-state index contributed by atoms with van der Waals surface area (Å²) in [4.78, 5) is 35.5. The largest absolute Gasteiger partial charge is 0.467 e. The van der Waals surface area contributed by atoms with Gasteiger partial charge in [-0.15, -0.1) is 0 Å². The maximum absolute atomic E-state index is 12.0. The summed E-state index contributed by atoms with van der Waals surface area (Å²) in [6, 6.07) is 8.62. The van der Waals surface area contributed by atoms with Gasteiger partial charge in [0.2, 0.25) is 11.8 Å². The molecule has 6 heteroatoms. The van der Waals surface area contributed by atoms with Gasteiger partial charge in [0.25, 0.3) is 0 Å². The van der Waals surface area contributed by atoms with E-state index in [1.165, 1.54) is 13.2 Å². The van der Waals surface area contributed by atoms with Crippen LogP contribution in [0, 0.1) is 0 Å². The third-order valence-corrected chi connectivity index (χ3v) is 3.78. The standard InChI is InChI=1S/C20H26N2O4/c1-4-15(2)19(24)21-14-8-11-17(20(25)26-3)22-18(23)13-12-16-9-6-5-7-10-16/h4-7,9-10,12-13,17H,8,11,14H2,1-3H3,(H,21,24)(H,22,23)/b13-12?,15-4+/t17-/m0/s1. The molecular formula is C20H26N2O4. The van der Waals surface area contributed by atoms with E-state index in [2.05, 4.69) is 10.6 Å². The van der Waals surface area contributed by atoms with Gasteiger partial charge in [-0.2, -0.15) is 0 Å². The lowest BCUT2D eigenvalue weighted by Gasteiger charge is -2.15. The Morgan fingerprint density at radius 3 is 2.50 bits per heavy atom. The maximum atomic E-state index is 12.0. The predicted molar refractivity (Wildman–Crippen MR) is 101 cm³/mol. The number of carbonyl (C=O) groups excluding carboxylic acids is 3. The number of nitrogens with one attached hydrogen (secondary N) is 2. The van der Waals surface area contributed by atoms with Crippen molar-refractivity contribution in [3.63, 3.8) is 0 Å². The van der Waals surface area contributed by atoms with Crippen molar-refractivity contribution in [3.8, 4) is 0 Å². The Bertz CT molecular complexity index is 666. The molecule has 140 valence electrons. The molecule has 0 saturated heterocycles. The van der Waals surface area contributed by atoms with Gasteiger partial charge >= 0.3 is 5.97 Å². The fourth-order valence-electron chi connectivity index (χ4n) is 2.13. The number of benzene rings is 1. The van der Waals surface area contributed by atoms with Gasteiger partial charge in [0.1, 0.15) is 6.04 Å². The van der Waals surface area contributed by atoms with E-state index in [0.717, 1.165) is 5.56 Å². The van der Waals surface area contributed by atoms with E-state index >= 15 is 0 Å². The Kier molecular flexibility index (Phi) is 9.46. The molecule has 0 bridgehead atoms.